The quantitative estimate of drug-likeness (QED) is 0.395. The molecule has 0 aromatic heterocycles. The van der Waals surface area contributed by atoms with E-state index in [4.69, 9.17) is 15.6 Å². The minimum atomic E-state index is -1.63. The number of carboxylic acid groups (broad SMARTS) is 1. The van der Waals surface area contributed by atoms with Crippen molar-refractivity contribution in [3.8, 4) is 0 Å². The van der Waals surface area contributed by atoms with Gasteiger partial charge in [0.25, 0.3) is 0 Å². The van der Waals surface area contributed by atoms with Gasteiger partial charge in [-0.05, 0) is 6.92 Å². The normalized spacial score (nSPS) is 16.3. The summed E-state index contributed by atoms with van der Waals surface area (Å²) < 4.78 is 4.74. The van der Waals surface area contributed by atoms with E-state index < -0.39 is 11.7 Å². The highest BCUT2D eigenvalue weighted by Gasteiger charge is 2.32. The van der Waals surface area contributed by atoms with Crippen molar-refractivity contribution in [2.75, 3.05) is 12.4 Å². The molecule has 0 amide bonds. The number of aliphatic carboxylic acids is 1. The van der Waals surface area contributed by atoms with Crippen LogP contribution in [-0.2, 0) is 9.53 Å². The second-order valence-corrected chi connectivity index (χ2v) is 2.10. The molecule has 0 saturated carbocycles. The van der Waals surface area contributed by atoms with Crippen molar-refractivity contribution in [2.24, 2.45) is 5.73 Å². The van der Waals surface area contributed by atoms with Gasteiger partial charge in [0.05, 0.1) is 0 Å². The number of ether oxygens (including phenoxy) is 1. The molecule has 0 rings (SSSR count). The second-order valence-electron chi connectivity index (χ2n) is 1.79. The van der Waals surface area contributed by atoms with Crippen molar-refractivity contribution in [2.45, 2.75) is 12.6 Å². The first-order valence-corrected chi connectivity index (χ1v) is 3.47. The molecule has 0 saturated heterocycles. The van der Waals surface area contributed by atoms with E-state index in [1.54, 1.807) is 6.92 Å². The number of thiol groups is 1. The van der Waals surface area contributed by atoms with E-state index >= 15 is 0 Å². The summed E-state index contributed by atoms with van der Waals surface area (Å²) in [5, 5.41) is 8.46. The molecular weight excluding hydrogens is 154 g/mol. The number of rotatable bonds is 4. The van der Waals surface area contributed by atoms with Gasteiger partial charge in [0, 0.05) is 12.4 Å². The summed E-state index contributed by atoms with van der Waals surface area (Å²) in [7, 11) is 0. The Bertz CT molecular complexity index is 130. The SMILES string of the molecule is CCOC(N)(CS)C(=O)O. The van der Waals surface area contributed by atoms with Crippen LogP contribution in [0.4, 0.5) is 0 Å². The van der Waals surface area contributed by atoms with Gasteiger partial charge >= 0.3 is 5.97 Å². The molecule has 0 spiro atoms. The van der Waals surface area contributed by atoms with Crippen molar-refractivity contribution in [1.29, 1.82) is 0 Å². The lowest BCUT2D eigenvalue weighted by Crippen LogP contribution is -2.52. The highest BCUT2D eigenvalue weighted by atomic mass is 32.1. The lowest BCUT2D eigenvalue weighted by molar-refractivity contribution is -0.161. The van der Waals surface area contributed by atoms with E-state index in [2.05, 4.69) is 12.6 Å². The Labute approximate surface area is 64.8 Å². The Balaban J connectivity index is 4.08. The van der Waals surface area contributed by atoms with Gasteiger partial charge in [0.2, 0.25) is 5.72 Å². The molecule has 60 valence electrons. The van der Waals surface area contributed by atoms with Gasteiger partial charge in [-0.25, -0.2) is 4.79 Å². The van der Waals surface area contributed by atoms with Crippen LogP contribution in [0.25, 0.3) is 0 Å². The van der Waals surface area contributed by atoms with E-state index in [0.29, 0.717) is 0 Å². The topological polar surface area (TPSA) is 72.5 Å². The zero-order valence-electron chi connectivity index (χ0n) is 5.70. The summed E-state index contributed by atoms with van der Waals surface area (Å²) in [5.74, 6) is -1.22. The van der Waals surface area contributed by atoms with Crippen LogP contribution in [0.15, 0.2) is 0 Å². The summed E-state index contributed by atoms with van der Waals surface area (Å²) in [6, 6.07) is 0. The van der Waals surface area contributed by atoms with Crippen LogP contribution in [-0.4, -0.2) is 29.2 Å². The first kappa shape index (κ1) is 9.74. The Morgan fingerprint density at radius 2 is 2.40 bits per heavy atom. The molecule has 0 heterocycles. The Kier molecular flexibility index (Phi) is 3.70. The number of carbonyl (C=O) groups is 1. The Morgan fingerprint density at radius 1 is 1.90 bits per heavy atom. The summed E-state index contributed by atoms with van der Waals surface area (Å²) in [6.45, 7) is 1.94. The maximum absolute atomic E-state index is 10.3. The predicted octanol–water partition coefficient (Wildman–Crippen LogP) is -0.308. The van der Waals surface area contributed by atoms with Crippen LogP contribution in [0.3, 0.4) is 0 Å². The smallest absolute Gasteiger partial charge is 0.352 e. The highest BCUT2D eigenvalue weighted by molar-refractivity contribution is 7.80. The van der Waals surface area contributed by atoms with Gasteiger partial charge in [-0.2, -0.15) is 12.6 Å². The molecule has 1 unspecified atom stereocenters. The average molecular weight is 165 g/mol. The molecular formula is C5H11NO3S. The van der Waals surface area contributed by atoms with E-state index in [0.717, 1.165) is 0 Å². The molecule has 0 aromatic rings. The fourth-order valence-corrected chi connectivity index (χ4v) is 0.659. The van der Waals surface area contributed by atoms with Crippen molar-refractivity contribution in [3.05, 3.63) is 0 Å². The molecule has 1 atom stereocenters. The van der Waals surface area contributed by atoms with Crippen LogP contribution >= 0.6 is 12.6 Å². The molecule has 4 nitrogen and oxygen atoms in total. The molecule has 3 N–H and O–H groups in total. The van der Waals surface area contributed by atoms with Crippen LogP contribution in [0.2, 0.25) is 0 Å². The standard InChI is InChI=1S/C5H11NO3S/c1-2-9-5(6,3-10)4(7)8/h10H,2-3,6H2,1H3,(H,7,8). The molecule has 5 heteroatoms. The van der Waals surface area contributed by atoms with Crippen LogP contribution in [0, 0.1) is 0 Å². The molecule has 0 fully saturated rings. The van der Waals surface area contributed by atoms with Crippen molar-refractivity contribution in [1.82, 2.24) is 0 Å². The van der Waals surface area contributed by atoms with E-state index in [1.807, 2.05) is 0 Å². The number of carboxylic acids is 1. The first-order valence-electron chi connectivity index (χ1n) is 2.84. The zero-order chi connectivity index (χ0) is 8.20. The Hall–Kier alpha value is -0.260. The van der Waals surface area contributed by atoms with Crippen molar-refractivity contribution >= 4 is 18.6 Å². The zero-order valence-corrected chi connectivity index (χ0v) is 6.60. The van der Waals surface area contributed by atoms with Crippen LogP contribution < -0.4 is 5.73 Å². The highest BCUT2D eigenvalue weighted by Crippen LogP contribution is 2.04. The van der Waals surface area contributed by atoms with E-state index in [-0.39, 0.29) is 12.4 Å². The van der Waals surface area contributed by atoms with Crippen molar-refractivity contribution in [3.63, 3.8) is 0 Å². The summed E-state index contributed by atoms with van der Waals surface area (Å²) in [4.78, 5) is 10.3. The predicted molar refractivity (Wildman–Crippen MR) is 40.0 cm³/mol. The fraction of sp³-hybridized carbons (Fsp3) is 0.800. The Morgan fingerprint density at radius 3 is 2.50 bits per heavy atom. The summed E-state index contributed by atoms with van der Waals surface area (Å²) in [6.07, 6.45) is 0. The number of nitrogens with two attached hydrogens (primary N) is 1. The van der Waals surface area contributed by atoms with Gasteiger partial charge in [-0.3, -0.25) is 5.73 Å². The molecule has 0 aliphatic heterocycles. The van der Waals surface area contributed by atoms with Crippen LogP contribution in [0.5, 0.6) is 0 Å². The molecule has 0 aromatic carbocycles. The maximum atomic E-state index is 10.3. The minimum absolute atomic E-state index is 0.0316. The van der Waals surface area contributed by atoms with Gasteiger partial charge in [-0.1, -0.05) is 0 Å². The van der Waals surface area contributed by atoms with E-state index in [1.165, 1.54) is 0 Å². The van der Waals surface area contributed by atoms with E-state index in [9.17, 15) is 4.79 Å². The molecule has 0 aliphatic carbocycles. The monoisotopic (exact) mass is 165 g/mol. The maximum Gasteiger partial charge on any atom is 0.352 e. The van der Waals surface area contributed by atoms with Crippen LogP contribution in [0.1, 0.15) is 6.92 Å². The average Bonchev–Trinajstić information content (AvgIpc) is 1.88. The van der Waals surface area contributed by atoms with Gasteiger partial charge in [0.1, 0.15) is 0 Å². The molecule has 0 aliphatic rings. The third-order valence-corrected chi connectivity index (χ3v) is 1.47. The van der Waals surface area contributed by atoms with Gasteiger partial charge in [-0.15, -0.1) is 0 Å². The molecule has 0 radical (unpaired) electrons. The largest absolute Gasteiger partial charge is 0.478 e. The summed E-state index contributed by atoms with van der Waals surface area (Å²) in [5.41, 5.74) is 3.63. The first-order chi connectivity index (χ1) is 4.56. The summed E-state index contributed by atoms with van der Waals surface area (Å²) >= 11 is 3.74. The number of hydrogen-bond acceptors (Lipinski definition) is 4. The third-order valence-electron chi connectivity index (χ3n) is 0.999. The lowest BCUT2D eigenvalue weighted by Gasteiger charge is -2.21. The minimum Gasteiger partial charge on any atom is -0.478 e. The molecule has 10 heavy (non-hydrogen) atoms. The lowest BCUT2D eigenvalue weighted by atomic mass is 10.3. The van der Waals surface area contributed by atoms with Crippen molar-refractivity contribution < 1.29 is 14.6 Å². The number of hydrogen-bond donors (Lipinski definition) is 3. The fourth-order valence-electron chi connectivity index (χ4n) is 0.433. The van der Waals surface area contributed by atoms with Gasteiger partial charge < -0.3 is 9.84 Å². The molecule has 0 bridgehead atoms. The van der Waals surface area contributed by atoms with Gasteiger partial charge in [0.15, 0.2) is 0 Å². The second kappa shape index (κ2) is 3.80. The third kappa shape index (κ3) is 2.17.